The molecule has 1 aromatic carbocycles. The molecule has 116 valence electrons. The predicted molar refractivity (Wildman–Crippen MR) is 85.8 cm³/mol. The molecule has 0 bridgehead atoms. The van der Waals surface area contributed by atoms with Crippen LogP contribution in [0.3, 0.4) is 0 Å². The number of carboxylic acid groups (broad SMARTS) is 1. The van der Waals surface area contributed by atoms with Crippen LogP contribution in [0, 0.1) is 5.41 Å². The van der Waals surface area contributed by atoms with Crippen molar-refractivity contribution in [3.63, 3.8) is 0 Å². The Morgan fingerprint density at radius 3 is 2.33 bits per heavy atom. The summed E-state index contributed by atoms with van der Waals surface area (Å²) in [4.78, 5) is 24.0. The maximum atomic E-state index is 11.8. The first kappa shape index (κ1) is 17.9. The van der Waals surface area contributed by atoms with Crippen LogP contribution in [0.25, 0.3) is 0 Å². The van der Waals surface area contributed by atoms with E-state index < -0.39 is 17.4 Å². The zero-order valence-corrected chi connectivity index (χ0v) is 13.9. The van der Waals surface area contributed by atoms with Crippen molar-refractivity contribution < 1.29 is 14.7 Å². The predicted octanol–water partition coefficient (Wildman–Crippen LogP) is 3.44. The van der Waals surface area contributed by atoms with E-state index in [4.69, 9.17) is 16.7 Å². The third-order valence-corrected chi connectivity index (χ3v) is 4.10. The molecule has 0 saturated heterocycles. The lowest BCUT2D eigenvalue weighted by molar-refractivity contribution is -0.144. The summed E-state index contributed by atoms with van der Waals surface area (Å²) in [6.45, 7) is 5.36. The van der Waals surface area contributed by atoms with Crippen LogP contribution in [0.4, 0.5) is 0 Å². The highest BCUT2D eigenvalue weighted by atomic mass is 35.5. The summed E-state index contributed by atoms with van der Waals surface area (Å²) in [7, 11) is 0. The van der Waals surface area contributed by atoms with E-state index in [1.807, 2.05) is 12.1 Å². The lowest BCUT2D eigenvalue weighted by Gasteiger charge is -2.27. The Bertz CT molecular complexity index is 497. The topological polar surface area (TPSA) is 66.4 Å². The Morgan fingerprint density at radius 1 is 1.29 bits per heavy atom. The quantitative estimate of drug-likeness (QED) is 0.785. The van der Waals surface area contributed by atoms with Gasteiger partial charge in [-0.25, -0.2) is 4.79 Å². The van der Waals surface area contributed by atoms with E-state index in [2.05, 4.69) is 5.32 Å². The van der Waals surface area contributed by atoms with Gasteiger partial charge in [0.25, 0.3) is 0 Å². The molecular weight excluding hydrogens is 310 g/mol. The van der Waals surface area contributed by atoms with Crippen molar-refractivity contribution >= 4 is 35.2 Å². The fourth-order valence-electron chi connectivity index (χ4n) is 1.67. The molecule has 1 rings (SSSR count). The van der Waals surface area contributed by atoms with E-state index in [0.717, 1.165) is 4.90 Å². The van der Waals surface area contributed by atoms with Crippen molar-refractivity contribution in [3.8, 4) is 0 Å². The Hall–Kier alpha value is -1.20. The molecule has 1 unspecified atom stereocenters. The summed E-state index contributed by atoms with van der Waals surface area (Å²) < 4.78 is 0. The zero-order valence-electron chi connectivity index (χ0n) is 12.4. The van der Waals surface area contributed by atoms with Crippen molar-refractivity contribution in [2.45, 2.75) is 38.1 Å². The number of nitrogens with one attached hydrogen (secondary N) is 1. The standard InChI is InChI=1S/C15H20ClNO3S/c1-15(2,3)13(14(19)20)17-12(18)8-9-21-11-6-4-10(16)5-7-11/h4-7,13H,8-9H2,1-3H3,(H,17,18)(H,19,20). The molecule has 0 aliphatic carbocycles. The molecule has 0 spiro atoms. The molecular formula is C15H20ClNO3S. The minimum atomic E-state index is -1.01. The van der Waals surface area contributed by atoms with Crippen LogP contribution in [0.15, 0.2) is 29.2 Å². The highest BCUT2D eigenvalue weighted by Crippen LogP contribution is 2.22. The van der Waals surface area contributed by atoms with Gasteiger partial charge in [0.05, 0.1) is 0 Å². The molecule has 0 aliphatic rings. The van der Waals surface area contributed by atoms with Crippen LogP contribution >= 0.6 is 23.4 Å². The number of thioether (sulfide) groups is 1. The van der Waals surface area contributed by atoms with Gasteiger partial charge in [-0.2, -0.15) is 0 Å². The van der Waals surface area contributed by atoms with Crippen molar-refractivity contribution in [1.29, 1.82) is 0 Å². The minimum absolute atomic E-state index is 0.251. The second kappa shape index (κ2) is 7.71. The van der Waals surface area contributed by atoms with E-state index >= 15 is 0 Å². The normalized spacial score (nSPS) is 12.8. The second-order valence-electron chi connectivity index (χ2n) is 5.76. The van der Waals surface area contributed by atoms with Crippen LogP contribution in [0.1, 0.15) is 27.2 Å². The molecule has 1 amide bonds. The zero-order chi connectivity index (χ0) is 16.0. The van der Waals surface area contributed by atoms with E-state index in [1.54, 1.807) is 32.9 Å². The van der Waals surface area contributed by atoms with Crippen molar-refractivity contribution in [1.82, 2.24) is 5.32 Å². The van der Waals surface area contributed by atoms with Gasteiger partial charge in [0.1, 0.15) is 6.04 Å². The van der Waals surface area contributed by atoms with E-state index in [1.165, 1.54) is 11.8 Å². The summed E-state index contributed by atoms with van der Waals surface area (Å²) in [5, 5.41) is 12.4. The van der Waals surface area contributed by atoms with Gasteiger partial charge >= 0.3 is 5.97 Å². The fraction of sp³-hybridized carbons (Fsp3) is 0.467. The van der Waals surface area contributed by atoms with E-state index in [9.17, 15) is 9.59 Å². The molecule has 0 fully saturated rings. The summed E-state index contributed by atoms with van der Waals surface area (Å²) >= 11 is 7.33. The summed E-state index contributed by atoms with van der Waals surface area (Å²) in [5.74, 6) is -0.677. The first-order valence-electron chi connectivity index (χ1n) is 6.60. The van der Waals surface area contributed by atoms with Gasteiger partial charge in [0.2, 0.25) is 5.91 Å². The van der Waals surface area contributed by atoms with Crippen molar-refractivity contribution in [3.05, 3.63) is 29.3 Å². The van der Waals surface area contributed by atoms with Crippen LogP contribution < -0.4 is 5.32 Å². The van der Waals surface area contributed by atoms with Crippen LogP contribution in [-0.4, -0.2) is 28.8 Å². The molecule has 1 aromatic rings. The number of carbonyl (C=O) groups is 2. The Kier molecular flexibility index (Phi) is 6.55. The SMILES string of the molecule is CC(C)(C)C(NC(=O)CCSc1ccc(Cl)cc1)C(=O)O. The number of benzene rings is 1. The van der Waals surface area contributed by atoms with Crippen molar-refractivity contribution in [2.75, 3.05) is 5.75 Å². The third kappa shape index (κ3) is 6.40. The van der Waals surface area contributed by atoms with Gasteiger partial charge < -0.3 is 10.4 Å². The second-order valence-corrected chi connectivity index (χ2v) is 7.36. The molecule has 2 N–H and O–H groups in total. The van der Waals surface area contributed by atoms with E-state index in [-0.39, 0.29) is 12.3 Å². The highest BCUT2D eigenvalue weighted by Gasteiger charge is 2.32. The number of carboxylic acids is 1. The average molecular weight is 330 g/mol. The van der Waals surface area contributed by atoms with Gasteiger partial charge in [0, 0.05) is 22.1 Å². The maximum absolute atomic E-state index is 11.8. The average Bonchev–Trinajstić information content (AvgIpc) is 2.36. The molecule has 0 heterocycles. The van der Waals surface area contributed by atoms with Gasteiger partial charge in [0.15, 0.2) is 0 Å². The lowest BCUT2D eigenvalue weighted by atomic mass is 9.87. The number of hydrogen-bond donors (Lipinski definition) is 2. The molecule has 4 nitrogen and oxygen atoms in total. The number of hydrogen-bond acceptors (Lipinski definition) is 3. The monoisotopic (exact) mass is 329 g/mol. The number of aliphatic carboxylic acids is 1. The largest absolute Gasteiger partial charge is 0.480 e. The highest BCUT2D eigenvalue weighted by molar-refractivity contribution is 7.99. The first-order valence-corrected chi connectivity index (χ1v) is 7.97. The summed E-state index contributed by atoms with van der Waals surface area (Å²) in [6, 6.07) is 6.49. The number of carbonyl (C=O) groups excluding carboxylic acids is 1. The number of halogens is 1. The lowest BCUT2D eigenvalue weighted by Crippen LogP contribution is -2.49. The first-order chi connectivity index (χ1) is 9.70. The summed E-state index contributed by atoms with van der Waals surface area (Å²) in [5.41, 5.74) is -0.523. The summed E-state index contributed by atoms with van der Waals surface area (Å²) in [6.07, 6.45) is 0.271. The molecule has 6 heteroatoms. The number of rotatable bonds is 6. The molecule has 21 heavy (non-hydrogen) atoms. The molecule has 1 atom stereocenters. The Morgan fingerprint density at radius 2 is 1.86 bits per heavy atom. The van der Waals surface area contributed by atoms with Gasteiger partial charge in [-0.3, -0.25) is 4.79 Å². The minimum Gasteiger partial charge on any atom is -0.480 e. The van der Waals surface area contributed by atoms with Crippen LogP contribution in [-0.2, 0) is 9.59 Å². The fourth-order valence-corrected chi connectivity index (χ4v) is 2.65. The Labute approximate surface area is 134 Å². The van der Waals surface area contributed by atoms with Crippen molar-refractivity contribution in [2.24, 2.45) is 5.41 Å². The van der Waals surface area contributed by atoms with Gasteiger partial charge in [-0.05, 0) is 29.7 Å². The van der Waals surface area contributed by atoms with Gasteiger partial charge in [-0.1, -0.05) is 32.4 Å². The van der Waals surface area contributed by atoms with Gasteiger partial charge in [-0.15, -0.1) is 11.8 Å². The molecule has 0 aromatic heterocycles. The van der Waals surface area contributed by atoms with E-state index in [0.29, 0.717) is 10.8 Å². The maximum Gasteiger partial charge on any atom is 0.326 e. The molecule has 0 radical (unpaired) electrons. The molecule has 0 saturated carbocycles. The third-order valence-electron chi connectivity index (χ3n) is 2.83. The smallest absolute Gasteiger partial charge is 0.326 e. The van der Waals surface area contributed by atoms with Crippen LogP contribution in [0.2, 0.25) is 5.02 Å². The Balaban J connectivity index is 2.43. The number of amides is 1. The van der Waals surface area contributed by atoms with Crippen LogP contribution in [0.5, 0.6) is 0 Å². The molecule has 0 aliphatic heterocycles.